The maximum atomic E-state index is 12.5. The minimum atomic E-state index is -0.666. The van der Waals surface area contributed by atoms with Gasteiger partial charge in [-0.05, 0) is 77.0 Å². The first-order valence-electron chi connectivity index (χ1n) is 33.1. The number of esters is 1. The van der Waals surface area contributed by atoms with Crippen molar-refractivity contribution in [3.05, 3.63) is 24.3 Å². The third kappa shape index (κ3) is 59.4. The zero-order valence-electron chi connectivity index (χ0n) is 49.4. The van der Waals surface area contributed by atoms with Crippen LogP contribution in [-0.2, 0) is 14.3 Å². The fourth-order valence-corrected chi connectivity index (χ4v) is 10.4. The second-order valence-electron chi connectivity index (χ2n) is 22.8. The number of carbonyl (C=O) groups is 2. The molecule has 0 rings (SSSR count). The number of hydrogen-bond acceptors (Lipinski definition) is 5. The summed E-state index contributed by atoms with van der Waals surface area (Å²) in [6, 6.07) is -0.544. The molecule has 0 aliphatic rings. The normalized spacial score (nSPS) is 12.7. The zero-order valence-corrected chi connectivity index (χ0v) is 49.4. The Kier molecular flexibility index (Phi) is 61.4. The van der Waals surface area contributed by atoms with E-state index in [9.17, 15) is 19.8 Å². The fraction of sp³-hybridized carbons (Fsp3) is 0.910. The number of hydrogen-bond donors (Lipinski definition) is 3. The first-order chi connectivity index (χ1) is 36.0. The Bertz CT molecular complexity index is 1140. The summed E-state index contributed by atoms with van der Waals surface area (Å²) in [5, 5.41) is 23.3. The van der Waals surface area contributed by atoms with E-state index in [1.165, 1.54) is 289 Å². The molecule has 0 fully saturated rings. The number of carbonyl (C=O) groups excluding carboxylic acids is 2. The summed E-state index contributed by atoms with van der Waals surface area (Å²) in [5.41, 5.74) is 0. The maximum Gasteiger partial charge on any atom is 0.305 e. The smallest absolute Gasteiger partial charge is 0.305 e. The lowest BCUT2D eigenvalue weighted by Gasteiger charge is -2.22. The Morgan fingerprint density at radius 2 is 0.644 bits per heavy atom. The number of unbranched alkanes of at least 4 members (excludes halogenated alkanes) is 47. The second-order valence-corrected chi connectivity index (χ2v) is 22.8. The average Bonchev–Trinajstić information content (AvgIpc) is 3.39. The van der Waals surface area contributed by atoms with Crippen molar-refractivity contribution >= 4 is 11.9 Å². The summed E-state index contributed by atoms with van der Waals surface area (Å²) in [6.07, 6.45) is 77.8. The molecule has 0 heterocycles. The minimum Gasteiger partial charge on any atom is -0.466 e. The van der Waals surface area contributed by atoms with E-state index >= 15 is 0 Å². The fourth-order valence-electron chi connectivity index (χ4n) is 10.4. The molecule has 0 spiro atoms. The SMILES string of the molecule is CCCCCCCC/C=C\CCCCCCCCCCCC(=O)OCCCCCCCCCCCCCC/C=C\CCCCCCCCCCC(=O)NC(CO)C(O)CCCCCCCCCCCCCCC. The lowest BCUT2D eigenvalue weighted by atomic mass is 10.0. The third-order valence-corrected chi connectivity index (χ3v) is 15.5. The molecular formula is C67H129NO5. The summed E-state index contributed by atoms with van der Waals surface area (Å²) < 4.78 is 5.50. The van der Waals surface area contributed by atoms with Crippen molar-refractivity contribution in [1.29, 1.82) is 0 Å². The topological polar surface area (TPSA) is 95.9 Å². The Morgan fingerprint density at radius 1 is 0.370 bits per heavy atom. The number of rotatable bonds is 62. The van der Waals surface area contributed by atoms with Crippen LogP contribution in [0.25, 0.3) is 0 Å². The van der Waals surface area contributed by atoms with Crippen LogP contribution < -0.4 is 5.32 Å². The van der Waals surface area contributed by atoms with Crippen LogP contribution in [0.2, 0.25) is 0 Å². The van der Waals surface area contributed by atoms with Gasteiger partial charge in [0.2, 0.25) is 5.91 Å². The summed E-state index contributed by atoms with van der Waals surface area (Å²) in [6.45, 7) is 4.97. The molecule has 1 amide bonds. The van der Waals surface area contributed by atoms with Gasteiger partial charge in [0.05, 0.1) is 25.4 Å². The van der Waals surface area contributed by atoms with E-state index in [1.807, 2.05) is 0 Å². The maximum absolute atomic E-state index is 12.5. The lowest BCUT2D eigenvalue weighted by molar-refractivity contribution is -0.143. The molecule has 0 bridgehead atoms. The summed E-state index contributed by atoms with van der Waals surface area (Å²) in [7, 11) is 0. The van der Waals surface area contributed by atoms with E-state index in [4.69, 9.17) is 4.74 Å². The minimum absolute atomic E-state index is 0.0127. The Balaban J connectivity index is 3.37. The van der Waals surface area contributed by atoms with Crippen molar-refractivity contribution in [2.24, 2.45) is 0 Å². The van der Waals surface area contributed by atoms with Gasteiger partial charge in [-0.2, -0.15) is 0 Å². The van der Waals surface area contributed by atoms with Crippen molar-refractivity contribution in [3.8, 4) is 0 Å². The molecule has 0 radical (unpaired) electrons. The molecule has 6 heteroatoms. The molecule has 0 aromatic carbocycles. The first-order valence-corrected chi connectivity index (χ1v) is 33.1. The van der Waals surface area contributed by atoms with Crippen LogP contribution in [0, 0.1) is 0 Å². The molecule has 3 N–H and O–H groups in total. The Hall–Kier alpha value is -1.66. The van der Waals surface area contributed by atoms with Crippen molar-refractivity contribution in [2.75, 3.05) is 13.2 Å². The van der Waals surface area contributed by atoms with Gasteiger partial charge in [-0.1, -0.05) is 301 Å². The summed E-state index contributed by atoms with van der Waals surface area (Å²) in [4.78, 5) is 24.6. The van der Waals surface area contributed by atoms with Gasteiger partial charge in [-0.15, -0.1) is 0 Å². The van der Waals surface area contributed by atoms with E-state index in [-0.39, 0.29) is 18.5 Å². The number of amides is 1. The lowest BCUT2D eigenvalue weighted by Crippen LogP contribution is -2.45. The molecule has 73 heavy (non-hydrogen) atoms. The molecule has 2 unspecified atom stereocenters. The number of aliphatic hydroxyl groups is 2. The van der Waals surface area contributed by atoms with Gasteiger partial charge in [0.1, 0.15) is 0 Å². The molecule has 0 aliphatic carbocycles. The Labute approximate surface area is 456 Å². The van der Waals surface area contributed by atoms with Gasteiger partial charge in [0.15, 0.2) is 0 Å². The molecule has 0 aliphatic heterocycles. The summed E-state index contributed by atoms with van der Waals surface area (Å²) >= 11 is 0. The molecule has 2 atom stereocenters. The van der Waals surface area contributed by atoms with Crippen molar-refractivity contribution in [2.45, 2.75) is 379 Å². The van der Waals surface area contributed by atoms with Crippen LogP contribution in [0.1, 0.15) is 367 Å². The highest BCUT2D eigenvalue weighted by Gasteiger charge is 2.20. The van der Waals surface area contributed by atoms with Gasteiger partial charge in [0.25, 0.3) is 0 Å². The van der Waals surface area contributed by atoms with E-state index in [2.05, 4.69) is 43.5 Å². The van der Waals surface area contributed by atoms with Crippen LogP contribution in [0.15, 0.2) is 24.3 Å². The van der Waals surface area contributed by atoms with Gasteiger partial charge in [-0.25, -0.2) is 0 Å². The third-order valence-electron chi connectivity index (χ3n) is 15.5. The zero-order chi connectivity index (χ0) is 52.9. The standard InChI is InChI=1S/C67H129NO5/c1-3-5-7-9-11-13-15-17-18-19-26-30-33-37-41-45-49-53-57-61-67(72)73-62-58-54-50-46-42-38-34-31-28-25-23-21-20-22-24-27-29-32-36-40-44-48-52-56-60-66(71)68-64(63-69)65(70)59-55-51-47-43-39-35-16-14-12-10-8-6-4-2/h17-18,22,24,64-65,69-70H,3-16,19-21,23,25-63H2,1-2H3,(H,68,71)/b18-17-,24-22-. The number of aliphatic hydroxyl groups excluding tert-OH is 2. The largest absolute Gasteiger partial charge is 0.466 e. The quantitative estimate of drug-likeness (QED) is 0.0320. The van der Waals surface area contributed by atoms with Gasteiger partial charge in [-0.3, -0.25) is 9.59 Å². The van der Waals surface area contributed by atoms with Crippen molar-refractivity contribution in [1.82, 2.24) is 5.32 Å². The molecule has 0 saturated heterocycles. The van der Waals surface area contributed by atoms with E-state index in [0.717, 1.165) is 44.9 Å². The monoisotopic (exact) mass is 1030 g/mol. The summed E-state index contributed by atoms with van der Waals surface area (Å²) in [5.74, 6) is -0.0255. The van der Waals surface area contributed by atoms with Gasteiger partial charge >= 0.3 is 5.97 Å². The number of allylic oxidation sites excluding steroid dienone is 4. The highest BCUT2D eigenvalue weighted by atomic mass is 16.5. The molecule has 6 nitrogen and oxygen atoms in total. The van der Waals surface area contributed by atoms with E-state index in [0.29, 0.717) is 25.9 Å². The van der Waals surface area contributed by atoms with Crippen LogP contribution in [0.3, 0.4) is 0 Å². The van der Waals surface area contributed by atoms with Crippen molar-refractivity contribution < 1.29 is 24.5 Å². The van der Waals surface area contributed by atoms with Gasteiger partial charge in [0, 0.05) is 12.8 Å². The second kappa shape index (κ2) is 62.9. The molecule has 432 valence electrons. The van der Waals surface area contributed by atoms with E-state index < -0.39 is 12.1 Å². The van der Waals surface area contributed by atoms with Crippen LogP contribution in [0.4, 0.5) is 0 Å². The predicted molar refractivity (Wildman–Crippen MR) is 320 cm³/mol. The molecule has 0 aromatic heterocycles. The van der Waals surface area contributed by atoms with Crippen LogP contribution >= 0.6 is 0 Å². The molecular weight excluding hydrogens is 899 g/mol. The Morgan fingerprint density at radius 3 is 0.973 bits per heavy atom. The average molecular weight is 1030 g/mol. The van der Waals surface area contributed by atoms with Gasteiger partial charge < -0.3 is 20.3 Å². The van der Waals surface area contributed by atoms with Crippen LogP contribution in [0.5, 0.6) is 0 Å². The molecule has 0 saturated carbocycles. The first kappa shape index (κ1) is 71.3. The molecule has 0 aromatic rings. The number of nitrogens with one attached hydrogen (secondary N) is 1. The highest BCUT2D eigenvalue weighted by Crippen LogP contribution is 2.18. The predicted octanol–water partition coefficient (Wildman–Crippen LogP) is 21.0. The highest BCUT2D eigenvalue weighted by molar-refractivity contribution is 5.76. The van der Waals surface area contributed by atoms with Crippen molar-refractivity contribution in [3.63, 3.8) is 0 Å². The van der Waals surface area contributed by atoms with E-state index in [1.54, 1.807) is 0 Å². The van der Waals surface area contributed by atoms with Crippen LogP contribution in [-0.4, -0.2) is 47.4 Å². The number of ether oxygens (including phenoxy) is 1.